The van der Waals surface area contributed by atoms with Crippen LogP contribution in [-0.2, 0) is 32.3 Å². The zero-order chi connectivity index (χ0) is 28.4. The van der Waals surface area contributed by atoms with Gasteiger partial charge < -0.3 is 10.1 Å². The number of dihydropyridines is 1. The molecule has 0 saturated heterocycles. The molecule has 0 spiro atoms. The Morgan fingerprint density at radius 2 is 1.75 bits per heavy atom. The lowest BCUT2D eigenvalue weighted by Gasteiger charge is -2.32. The van der Waals surface area contributed by atoms with Crippen LogP contribution in [-0.4, -0.2) is 45.2 Å². The maximum absolute atomic E-state index is 13.9. The van der Waals surface area contributed by atoms with Crippen molar-refractivity contribution >= 4 is 44.7 Å². The number of allylic oxidation sites excluding steroid dienone is 2. The van der Waals surface area contributed by atoms with Crippen LogP contribution in [0.1, 0.15) is 35.1 Å². The second kappa shape index (κ2) is 11.8. The summed E-state index contributed by atoms with van der Waals surface area (Å²) in [5.74, 6) is -1.67. The number of nitrogens with zero attached hydrogens (tertiary/aromatic N) is 1. The third-order valence-corrected chi connectivity index (χ3v) is 9.97. The molecule has 0 aliphatic carbocycles. The van der Waals surface area contributed by atoms with Gasteiger partial charge in [0.25, 0.3) is 0 Å². The number of fused-ring (bicyclic) bond motifs is 2. The molecule has 1 N–H and O–H groups in total. The average Bonchev–Trinajstić information content (AvgIpc) is 3.04. The van der Waals surface area contributed by atoms with E-state index in [1.807, 2.05) is 61.6 Å². The molecule has 6 nitrogen and oxygen atoms in total. The molecule has 40 heavy (non-hydrogen) atoms. The van der Waals surface area contributed by atoms with E-state index >= 15 is 0 Å². The van der Waals surface area contributed by atoms with Crippen molar-refractivity contribution in [2.45, 2.75) is 25.8 Å². The summed E-state index contributed by atoms with van der Waals surface area (Å²) in [4.78, 5) is 15.9. The maximum Gasteiger partial charge on any atom is 0.336 e. The number of ether oxygens (including phenoxy) is 1. The first-order valence-corrected chi connectivity index (χ1v) is 15.4. The Balaban J connectivity index is 1.51. The van der Waals surface area contributed by atoms with Crippen molar-refractivity contribution in [3.8, 4) is 0 Å². The minimum absolute atomic E-state index is 0.0924. The number of esters is 1. The lowest BCUT2D eigenvalue weighted by atomic mass is 9.84. The zero-order valence-electron chi connectivity index (χ0n) is 22.3. The van der Waals surface area contributed by atoms with Crippen molar-refractivity contribution in [1.82, 2.24) is 10.2 Å². The number of rotatable bonds is 7. The molecule has 9 heteroatoms. The van der Waals surface area contributed by atoms with Gasteiger partial charge in [0.05, 0.1) is 37.9 Å². The predicted octanol–water partition coefficient (Wildman–Crippen LogP) is 5.97. The Hall–Kier alpha value is -3.10. The maximum atomic E-state index is 13.9. The molecule has 0 radical (unpaired) electrons. The van der Waals surface area contributed by atoms with Crippen LogP contribution < -0.4 is 5.32 Å². The van der Waals surface area contributed by atoms with Crippen LogP contribution in [0.5, 0.6) is 0 Å². The third kappa shape index (κ3) is 5.70. The molecule has 2 aliphatic rings. The quantitative estimate of drug-likeness (QED) is 0.339. The number of aryl methyl sites for hydroxylation is 1. The van der Waals surface area contributed by atoms with E-state index in [4.69, 9.17) is 27.9 Å². The molecular weight excluding hydrogens is 567 g/mol. The second-order valence-corrected chi connectivity index (χ2v) is 12.9. The zero-order valence-corrected chi connectivity index (χ0v) is 24.6. The fraction of sp³-hybridized carbons (Fsp3) is 0.258. The first-order valence-electron chi connectivity index (χ1n) is 13.0. The number of carbonyl (C=O) groups is 1. The molecular formula is C31H30Cl2N2O4S. The van der Waals surface area contributed by atoms with Crippen molar-refractivity contribution < 1.29 is 17.9 Å². The second-order valence-electron chi connectivity index (χ2n) is 10.1. The highest BCUT2D eigenvalue weighted by Crippen LogP contribution is 2.48. The molecule has 2 heterocycles. The van der Waals surface area contributed by atoms with Gasteiger partial charge in [-0.2, -0.15) is 0 Å². The van der Waals surface area contributed by atoms with Crippen LogP contribution in [0, 0.1) is 0 Å². The number of halogens is 2. The van der Waals surface area contributed by atoms with Crippen molar-refractivity contribution in [2.75, 3.05) is 26.0 Å². The number of hydrogen-bond donors (Lipinski definition) is 1. The highest BCUT2D eigenvalue weighted by molar-refractivity contribution is 7.95. The van der Waals surface area contributed by atoms with Crippen molar-refractivity contribution in [2.24, 2.45) is 0 Å². The summed E-state index contributed by atoms with van der Waals surface area (Å²) in [5, 5.41) is 3.74. The predicted molar refractivity (Wildman–Crippen MR) is 160 cm³/mol. The lowest BCUT2D eigenvalue weighted by Crippen LogP contribution is -2.33. The molecule has 1 unspecified atom stereocenters. The number of likely N-dealkylation sites (N-methyl/N-ethyl adjacent to an activating group) is 1. The molecule has 0 aromatic heterocycles. The van der Waals surface area contributed by atoms with E-state index in [1.54, 1.807) is 25.1 Å². The molecule has 3 aromatic rings. The first-order chi connectivity index (χ1) is 19.2. The highest BCUT2D eigenvalue weighted by atomic mass is 35.5. The number of hydrogen-bond acceptors (Lipinski definition) is 6. The SMILES string of the molecule is CC1=C(C(=O)OCCN(C)Cc2ccccc2)C(c2cccc(Cl)c2Cl)C2=C(N1)c1ccccc1CCS2(=O)=O. The Morgan fingerprint density at radius 3 is 2.52 bits per heavy atom. The van der Waals surface area contributed by atoms with Crippen molar-refractivity contribution in [3.63, 3.8) is 0 Å². The Morgan fingerprint density at radius 1 is 1.02 bits per heavy atom. The van der Waals surface area contributed by atoms with Gasteiger partial charge in [0, 0.05) is 24.4 Å². The minimum Gasteiger partial charge on any atom is -0.461 e. The van der Waals surface area contributed by atoms with Crippen LogP contribution >= 0.6 is 23.2 Å². The van der Waals surface area contributed by atoms with Crippen LogP contribution in [0.4, 0.5) is 0 Å². The van der Waals surface area contributed by atoms with Crippen molar-refractivity contribution in [1.29, 1.82) is 0 Å². The number of sulfone groups is 1. The van der Waals surface area contributed by atoms with E-state index in [-0.39, 0.29) is 32.9 Å². The summed E-state index contributed by atoms with van der Waals surface area (Å²) in [7, 11) is -1.85. The van der Waals surface area contributed by atoms with E-state index in [2.05, 4.69) is 10.2 Å². The van der Waals surface area contributed by atoms with Gasteiger partial charge in [-0.25, -0.2) is 13.2 Å². The molecule has 1 atom stereocenters. The summed E-state index contributed by atoms with van der Waals surface area (Å²) in [5.41, 5.74) is 4.48. The van der Waals surface area contributed by atoms with Crippen LogP contribution in [0.15, 0.2) is 89.0 Å². The summed E-state index contributed by atoms with van der Waals surface area (Å²) in [6, 6.07) is 22.7. The number of benzene rings is 3. The molecule has 208 valence electrons. The average molecular weight is 598 g/mol. The topological polar surface area (TPSA) is 75.7 Å². The van der Waals surface area contributed by atoms with Gasteiger partial charge in [-0.15, -0.1) is 0 Å². The standard InChI is InChI=1S/C31H30Cl2N2O4S/c1-20-26(31(36)39-17-16-35(2)19-21-9-4-3-5-10-21)27(24-13-8-14-25(32)28(24)33)30-29(34-20)23-12-7-6-11-22(23)15-18-40(30,37)38/h3-14,27,34H,15-19H2,1-2H3. The van der Waals surface area contributed by atoms with Crippen LogP contribution in [0.25, 0.3) is 5.70 Å². The number of carbonyl (C=O) groups excluding carboxylic acids is 1. The molecule has 3 aromatic carbocycles. The molecule has 0 fully saturated rings. The fourth-order valence-corrected chi connectivity index (χ4v) is 7.54. The highest BCUT2D eigenvalue weighted by Gasteiger charge is 2.43. The largest absolute Gasteiger partial charge is 0.461 e. The third-order valence-electron chi connectivity index (χ3n) is 7.29. The van der Waals surface area contributed by atoms with Crippen LogP contribution in [0.3, 0.4) is 0 Å². The lowest BCUT2D eigenvalue weighted by molar-refractivity contribution is -0.139. The normalized spacial score (nSPS) is 18.1. The van der Waals surface area contributed by atoms with E-state index in [1.165, 1.54) is 0 Å². The monoisotopic (exact) mass is 596 g/mol. The van der Waals surface area contributed by atoms with Gasteiger partial charge in [-0.1, -0.05) is 89.9 Å². The van der Waals surface area contributed by atoms with Gasteiger partial charge in [-0.3, -0.25) is 4.90 Å². The molecule has 0 amide bonds. The van der Waals surface area contributed by atoms with Crippen LogP contribution in [0.2, 0.25) is 10.0 Å². The summed E-state index contributed by atoms with van der Waals surface area (Å²) in [6.45, 7) is 3.10. The van der Waals surface area contributed by atoms with E-state index < -0.39 is 21.7 Å². The molecule has 2 aliphatic heterocycles. The molecule has 0 saturated carbocycles. The molecule has 0 bridgehead atoms. The summed E-state index contributed by atoms with van der Waals surface area (Å²) < 4.78 is 33.5. The van der Waals surface area contributed by atoms with E-state index in [0.717, 1.165) is 16.7 Å². The minimum atomic E-state index is -3.81. The van der Waals surface area contributed by atoms with Gasteiger partial charge in [-0.05, 0) is 43.1 Å². The van der Waals surface area contributed by atoms with Gasteiger partial charge in [0.2, 0.25) is 0 Å². The summed E-state index contributed by atoms with van der Waals surface area (Å²) in [6.07, 6.45) is 0.357. The van der Waals surface area contributed by atoms with Gasteiger partial charge in [0.1, 0.15) is 6.61 Å². The number of nitrogens with one attached hydrogen (secondary N) is 1. The fourth-order valence-electron chi connectivity index (χ4n) is 5.34. The Labute approximate surface area is 245 Å². The van der Waals surface area contributed by atoms with E-state index in [9.17, 15) is 13.2 Å². The van der Waals surface area contributed by atoms with E-state index in [0.29, 0.717) is 36.5 Å². The molecule has 5 rings (SSSR count). The first kappa shape index (κ1) is 28.4. The Bertz CT molecular complexity index is 1620. The summed E-state index contributed by atoms with van der Waals surface area (Å²) >= 11 is 13.1. The Kier molecular flexibility index (Phi) is 8.38. The van der Waals surface area contributed by atoms with Gasteiger partial charge in [0.15, 0.2) is 9.84 Å². The van der Waals surface area contributed by atoms with Gasteiger partial charge >= 0.3 is 5.97 Å². The van der Waals surface area contributed by atoms with Crippen molar-refractivity contribution in [3.05, 3.63) is 121 Å². The smallest absolute Gasteiger partial charge is 0.336 e.